The Kier molecular flexibility index (Phi) is 2.41. The van der Waals surface area contributed by atoms with E-state index in [1.807, 2.05) is 29.6 Å². The van der Waals surface area contributed by atoms with E-state index in [-0.39, 0.29) is 11.6 Å². The number of thiophene rings is 1. The highest BCUT2D eigenvalue weighted by atomic mass is 32.1. The van der Waals surface area contributed by atoms with Crippen LogP contribution in [-0.4, -0.2) is 11.6 Å². The first kappa shape index (κ1) is 10.4. The van der Waals surface area contributed by atoms with Gasteiger partial charge in [-0.3, -0.25) is 9.59 Å². The lowest BCUT2D eigenvalue weighted by atomic mass is 9.94. The van der Waals surface area contributed by atoms with Crippen LogP contribution in [0, 0.1) is 5.92 Å². The van der Waals surface area contributed by atoms with E-state index >= 15 is 0 Å². The smallest absolute Gasteiger partial charge is 0.175 e. The van der Waals surface area contributed by atoms with Gasteiger partial charge in [0.15, 0.2) is 11.6 Å². The molecule has 0 spiro atoms. The molecule has 0 saturated carbocycles. The van der Waals surface area contributed by atoms with Gasteiger partial charge in [-0.15, -0.1) is 11.3 Å². The van der Waals surface area contributed by atoms with E-state index in [4.69, 9.17) is 0 Å². The van der Waals surface area contributed by atoms with E-state index in [0.717, 1.165) is 10.4 Å². The Balaban J connectivity index is 1.91. The van der Waals surface area contributed by atoms with Crippen LogP contribution in [0.1, 0.15) is 25.6 Å². The van der Waals surface area contributed by atoms with E-state index < -0.39 is 5.92 Å². The molecule has 84 valence electrons. The fourth-order valence-corrected chi connectivity index (χ4v) is 3.13. The van der Waals surface area contributed by atoms with Crippen molar-refractivity contribution in [1.82, 2.24) is 0 Å². The van der Waals surface area contributed by atoms with Crippen LogP contribution in [0.2, 0.25) is 0 Å². The Morgan fingerprint density at radius 3 is 2.65 bits per heavy atom. The van der Waals surface area contributed by atoms with Gasteiger partial charge in [0.25, 0.3) is 0 Å². The molecule has 0 radical (unpaired) electrons. The Bertz CT molecular complexity index is 583. The Hall–Kier alpha value is -1.74. The summed E-state index contributed by atoms with van der Waals surface area (Å²) in [6.45, 7) is 0. The van der Waals surface area contributed by atoms with Gasteiger partial charge in [0, 0.05) is 16.0 Å². The molecule has 1 aliphatic carbocycles. The van der Waals surface area contributed by atoms with Gasteiger partial charge in [-0.05, 0) is 17.9 Å². The number of carbonyl (C=O) groups is 2. The van der Waals surface area contributed by atoms with Crippen LogP contribution in [0.3, 0.4) is 0 Å². The number of hydrogen-bond donors (Lipinski definition) is 0. The summed E-state index contributed by atoms with van der Waals surface area (Å²) in [6, 6.07) is 10.9. The minimum Gasteiger partial charge on any atom is -0.293 e. The quantitative estimate of drug-likeness (QED) is 0.599. The maximum absolute atomic E-state index is 12.2. The van der Waals surface area contributed by atoms with E-state index in [9.17, 15) is 9.59 Å². The summed E-state index contributed by atoms with van der Waals surface area (Å²) >= 11 is 1.56. The molecule has 1 unspecified atom stereocenters. The average molecular weight is 242 g/mol. The van der Waals surface area contributed by atoms with E-state index in [2.05, 4.69) is 0 Å². The number of carbonyl (C=O) groups excluding carboxylic acids is 2. The molecule has 1 atom stereocenters. The Labute approximate surface area is 103 Å². The third kappa shape index (κ3) is 1.63. The molecule has 1 aromatic heterocycles. The molecule has 1 heterocycles. The SMILES string of the molecule is O=C(c1ccccc1)C1Cc2sccc2C1=O. The van der Waals surface area contributed by atoms with Crippen LogP contribution in [-0.2, 0) is 6.42 Å². The lowest BCUT2D eigenvalue weighted by Gasteiger charge is -2.06. The van der Waals surface area contributed by atoms with Crippen LogP contribution in [0.4, 0.5) is 0 Å². The van der Waals surface area contributed by atoms with Crippen LogP contribution >= 0.6 is 11.3 Å². The highest BCUT2D eigenvalue weighted by Crippen LogP contribution is 2.32. The summed E-state index contributed by atoms with van der Waals surface area (Å²) in [4.78, 5) is 25.3. The zero-order valence-corrected chi connectivity index (χ0v) is 9.87. The second-order valence-corrected chi connectivity index (χ2v) is 5.11. The maximum Gasteiger partial charge on any atom is 0.175 e. The van der Waals surface area contributed by atoms with Crippen molar-refractivity contribution < 1.29 is 9.59 Å². The molecular formula is C14H10O2S. The summed E-state index contributed by atoms with van der Waals surface area (Å²) in [5.41, 5.74) is 1.37. The molecule has 3 rings (SSSR count). The van der Waals surface area contributed by atoms with Gasteiger partial charge in [-0.1, -0.05) is 30.3 Å². The third-order valence-electron chi connectivity index (χ3n) is 3.09. The number of hydrogen-bond acceptors (Lipinski definition) is 3. The van der Waals surface area contributed by atoms with Crippen molar-refractivity contribution in [1.29, 1.82) is 0 Å². The molecule has 3 heteroatoms. The van der Waals surface area contributed by atoms with Crippen molar-refractivity contribution in [2.45, 2.75) is 6.42 Å². The summed E-state index contributed by atoms with van der Waals surface area (Å²) in [7, 11) is 0. The molecule has 0 aliphatic heterocycles. The molecule has 0 bridgehead atoms. The van der Waals surface area contributed by atoms with E-state index in [1.54, 1.807) is 23.5 Å². The summed E-state index contributed by atoms with van der Waals surface area (Å²) in [5.74, 6) is -0.575. The van der Waals surface area contributed by atoms with Gasteiger partial charge in [-0.2, -0.15) is 0 Å². The fourth-order valence-electron chi connectivity index (χ4n) is 2.20. The van der Waals surface area contributed by atoms with Crippen molar-refractivity contribution in [3.8, 4) is 0 Å². The van der Waals surface area contributed by atoms with Gasteiger partial charge in [0.05, 0.1) is 5.92 Å². The van der Waals surface area contributed by atoms with E-state index in [1.165, 1.54) is 0 Å². The summed E-state index contributed by atoms with van der Waals surface area (Å²) in [6.07, 6.45) is 0.569. The van der Waals surface area contributed by atoms with Gasteiger partial charge >= 0.3 is 0 Å². The number of benzene rings is 1. The van der Waals surface area contributed by atoms with Gasteiger partial charge in [0.2, 0.25) is 0 Å². The largest absolute Gasteiger partial charge is 0.293 e. The standard InChI is InChI=1S/C14H10O2S/c15-13(9-4-2-1-3-5-9)11-8-12-10(14(11)16)6-7-17-12/h1-7,11H,8H2. The molecule has 0 fully saturated rings. The first-order chi connectivity index (χ1) is 8.27. The van der Waals surface area contributed by atoms with E-state index in [0.29, 0.717) is 12.0 Å². The van der Waals surface area contributed by atoms with Crippen LogP contribution in [0.25, 0.3) is 0 Å². The lowest BCUT2D eigenvalue weighted by Crippen LogP contribution is -2.20. The molecule has 0 amide bonds. The Morgan fingerprint density at radius 2 is 1.94 bits per heavy atom. The lowest BCUT2D eigenvalue weighted by molar-refractivity contribution is 0.0822. The third-order valence-corrected chi connectivity index (χ3v) is 4.03. The van der Waals surface area contributed by atoms with Crippen LogP contribution in [0.15, 0.2) is 41.8 Å². The summed E-state index contributed by atoms with van der Waals surface area (Å²) in [5, 5.41) is 1.91. The van der Waals surface area contributed by atoms with Crippen LogP contribution < -0.4 is 0 Å². The molecule has 2 nitrogen and oxygen atoms in total. The molecule has 1 aliphatic rings. The monoisotopic (exact) mass is 242 g/mol. The van der Waals surface area contributed by atoms with Gasteiger partial charge in [0.1, 0.15) is 0 Å². The predicted molar refractivity (Wildman–Crippen MR) is 66.6 cm³/mol. The van der Waals surface area contributed by atoms with Crippen molar-refractivity contribution in [2.24, 2.45) is 5.92 Å². The molecular weight excluding hydrogens is 232 g/mol. The zero-order valence-electron chi connectivity index (χ0n) is 9.05. The molecule has 0 N–H and O–H groups in total. The van der Waals surface area contributed by atoms with Crippen molar-refractivity contribution in [3.05, 3.63) is 57.8 Å². The topological polar surface area (TPSA) is 34.1 Å². The second kappa shape index (κ2) is 3.93. The van der Waals surface area contributed by atoms with Gasteiger partial charge in [-0.25, -0.2) is 0 Å². The highest BCUT2D eigenvalue weighted by Gasteiger charge is 2.36. The minimum absolute atomic E-state index is 0.0184. The molecule has 0 saturated heterocycles. The average Bonchev–Trinajstić information content (AvgIpc) is 2.93. The first-order valence-corrected chi connectivity index (χ1v) is 6.35. The normalized spacial score (nSPS) is 18.1. The highest BCUT2D eigenvalue weighted by molar-refractivity contribution is 7.10. The maximum atomic E-state index is 12.2. The fraction of sp³-hybridized carbons (Fsp3) is 0.143. The number of ketones is 2. The molecule has 1 aromatic carbocycles. The second-order valence-electron chi connectivity index (χ2n) is 4.11. The van der Waals surface area contributed by atoms with Gasteiger partial charge < -0.3 is 0 Å². The van der Waals surface area contributed by atoms with Crippen molar-refractivity contribution in [3.63, 3.8) is 0 Å². The number of fused-ring (bicyclic) bond motifs is 1. The molecule has 2 aromatic rings. The zero-order chi connectivity index (χ0) is 11.8. The number of rotatable bonds is 2. The predicted octanol–water partition coefficient (Wildman–Crippen LogP) is 2.99. The van der Waals surface area contributed by atoms with Crippen molar-refractivity contribution >= 4 is 22.9 Å². The first-order valence-electron chi connectivity index (χ1n) is 5.47. The van der Waals surface area contributed by atoms with Crippen LogP contribution in [0.5, 0.6) is 0 Å². The minimum atomic E-state index is -0.500. The van der Waals surface area contributed by atoms with Crippen molar-refractivity contribution in [2.75, 3.05) is 0 Å². The summed E-state index contributed by atoms with van der Waals surface area (Å²) < 4.78 is 0. The molecule has 17 heavy (non-hydrogen) atoms. The number of Topliss-reactive ketones (excluding diaryl/α,β-unsaturated/α-hetero) is 2. The Morgan fingerprint density at radius 1 is 1.18 bits per heavy atom.